The number of rotatable bonds is 2. The van der Waals surface area contributed by atoms with Crippen LogP contribution in [0.25, 0.3) is 22.5 Å². The first kappa shape index (κ1) is 12.9. The summed E-state index contributed by atoms with van der Waals surface area (Å²) < 4.78 is 5.80. The Morgan fingerprint density at radius 3 is 1.95 bits per heavy atom. The maximum Gasteiger partial charge on any atom is 0.351 e. The van der Waals surface area contributed by atoms with Gasteiger partial charge in [-0.3, -0.25) is 0 Å². The molecular formula is C17H11BrO2. The third kappa shape index (κ3) is 2.45. The second-order valence-electron chi connectivity index (χ2n) is 4.36. The molecule has 0 atom stereocenters. The van der Waals surface area contributed by atoms with Crippen molar-refractivity contribution < 1.29 is 4.42 Å². The Kier molecular flexibility index (Phi) is 3.52. The molecule has 0 amide bonds. The quantitative estimate of drug-likeness (QED) is 0.681. The van der Waals surface area contributed by atoms with E-state index in [1.165, 1.54) is 0 Å². The lowest BCUT2D eigenvalue weighted by atomic mass is 10.0. The molecular weight excluding hydrogens is 316 g/mol. The Morgan fingerprint density at radius 2 is 1.35 bits per heavy atom. The van der Waals surface area contributed by atoms with Gasteiger partial charge in [0.1, 0.15) is 10.2 Å². The minimum atomic E-state index is -0.370. The minimum absolute atomic E-state index is 0.370. The molecule has 3 rings (SSSR count). The summed E-state index contributed by atoms with van der Waals surface area (Å²) in [6, 6.07) is 21.2. The van der Waals surface area contributed by atoms with E-state index < -0.39 is 0 Å². The van der Waals surface area contributed by atoms with Gasteiger partial charge in [-0.15, -0.1) is 0 Å². The summed E-state index contributed by atoms with van der Waals surface area (Å²) in [6.45, 7) is 0. The van der Waals surface area contributed by atoms with Gasteiger partial charge in [-0.05, 0) is 27.6 Å². The molecule has 0 fully saturated rings. The first-order valence-electron chi connectivity index (χ1n) is 6.20. The van der Waals surface area contributed by atoms with Crippen molar-refractivity contribution in [2.45, 2.75) is 0 Å². The Labute approximate surface area is 124 Å². The van der Waals surface area contributed by atoms with Crippen molar-refractivity contribution in [3.63, 3.8) is 0 Å². The molecule has 2 aromatic carbocycles. The molecule has 0 bridgehead atoms. The van der Waals surface area contributed by atoms with Crippen LogP contribution in [0.1, 0.15) is 0 Å². The number of hydrogen-bond donors (Lipinski definition) is 0. The molecule has 0 aliphatic heterocycles. The Morgan fingerprint density at radius 1 is 0.800 bits per heavy atom. The van der Waals surface area contributed by atoms with Gasteiger partial charge in [0, 0.05) is 11.1 Å². The zero-order chi connectivity index (χ0) is 13.9. The lowest BCUT2D eigenvalue weighted by Crippen LogP contribution is -2.02. The van der Waals surface area contributed by atoms with E-state index in [1.54, 1.807) is 0 Å². The van der Waals surface area contributed by atoms with E-state index in [4.69, 9.17) is 4.42 Å². The van der Waals surface area contributed by atoms with Crippen LogP contribution < -0.4 is 5.63 Å². The standard InChI is InChI=1S/C17H11BrO2/c18-16-14(12-7-3-1-4-8-12)11-15(20-17(16)19)13-9-5-2-6-10-13/h1-11H. The first-order valence-corrected chi connectivity index (χ1v) is 6.99. The Balaban J connectivity index is 2.22. The monoisotopic (exact) mass is 326 g/mol. The highest BCUT2D eigenvalue weighted by Gasteiger charge is 2.12. The van der Waals surface area contributed by atoms with Crippen molar-refractivity contribution in [1.29, 1.82) is 0 Å². The van der Waals surface area contributed by atoms with Crippen LogP contribution in [0, 0.1) is 0 Å². The van der Waals surface area contributed by atoms with Crippen LogP contribution in [0.15, 0.2) is 80.4 Å². The molecule has 1 heterocycles. The lowest BCUT2D eigenvalue weighted by molar-refractivity contribution is 0.522. The Hall–Kier alpha value is -2.13. The topological polar surface area (TPSA) is 30.2 Å². The van der Waals surface area contributed by atoms with Gasteiger partial charge in [-0.25, -0.2) is 4.79 Å². The molecule has 3 aromatic rings. The average molecular weight is 327 g/mol. The molecule has 0 aliphatic carbocycles. The molecule has 0 spiro atoms. The molecule has 0 unspecified atom stereocenters. The summed E-state index contributed by atoms with van der Waals surface area (Å²) in [6.07, 6.45) is 0. The fraction of sp³-hybridized carbons (Fsp3) is 0. The fourth-order valence-electron chi connectivity index (χ4n) is 2.05. The summed E-state index contributed by atoms with van der Waals surface area (Å²) >= 11 is 3.32. The van der Waals surface area contributed by atoms with Crippen LogP contribution in [0.4, 0.5) is 0 Å². The van der Waals surface area contributed by atoms with Crippen LogP contribution in [0.3, 0.4) is 0 Å². The Bertz CT molecular complexity index is 777. The van der Waals surface area contributed by atoms with Gasteiger partial charge in [-0.1, -0.05) is 60.7 Å². The van der Waals surface area contributed by atoms with Gasteiger partial charge in [0.05, 0.1) is 0 Å². The van der Waals surface area contributed by atoms with E-state index in [1.807, 2.05) is 66.7 Å². The summed E-state index contributed by atoms with van der Waals surface area (Å²) in [7, 11) is 0. The second kappa shape index (κ2) is 5.47. The van der Waals surface area contributed by atoms with Crippen molar-refractivity contribution >= 4 is 15.9 Å². The van der Waals surface area contributed by atoms with Crippen LogP contribution >= 0.6 is 15.9 Å². The molecule has 0 aliphatic rings. The number of halogens is 1. The summed E-state index contributed by atoms with van der Waals surface area (Å²) in [5.74, 6) is 0.567. The SMILES string of the molecule is O=c1oc(-c2ccccc2)cc(-c2ccccc2)c1Br. The maximum atomic E-state index is 12.0. The first-order chi connectivity index (χ1) is 9.75. The average Bonchev–Trinajstić information content (AvgIpc) is 2.51. The van der Waals surface area contributed by atoms with Crippen molar-refractivity contribution in [2.24, 2.45) is 0 Å². The van der Waals surface area contributed by atoms with Gasteiger partial charge >= 0.3 is 5.63 Å². The van der Waals surface area contributed by atoms with Crippen molar-refractivity contribution in [3.05, 3.63) is 81.6 Å². The molecule has 0 N–H and O–H groups in total. The van der Waals surface area contributed by atoms with Crippen LogP contribution in [-0.2, 0) is 0 Å². The minimum Gasteiger partial charge on any atom is -0.422 e. The molecule has 2 nitrogen and oxygen atoms in total. The van der Waals surface area contributed by atoms with Crippen LogP contribution in [0.5, 0.6) is 0 Å². The maximum absolute atomic E-state index is 12.0. The summed E-state index contributed by atoms with van der Waals surface area (Å²) in [4.78, 5) is 12.0. The molecule has 98 valence electrons. The fourth-order valence-corrected chi connectivity index (χ4v) is 2.48. The van der Waals surface area contributed by atoms with E-state index in [0.717, 1.165) is 16.7 Å². The predicted molar refractivity (Wildman–Crippen MR) is 83.6 cm³/mol. The highest BCUT2D eigenvalue weighted by Crippen LogP contribution is 2.29. The van der Waals surface area contributed by atoms with Crippen molar-refractivity contribution in [1.82, 2.24) is 0 Å². The summed E-state index contributed by atoms with van der Waals surface area (Å²) in [5, 5.41) is 0. The van der Waals surface area contributed by atoms with Gasteiger partial charge in [0.2, 0.25) is 0 Å². The van der Waals surface area contributed by atoms with Crippen molar-refractivity contribution in [3.8, 4) is 22.5 Å². The molecule has 20 heavy (non-hydrogen) atoms. The summed E-state index contributed by atoms with van der Waals surface area (Å²) in [5.41, 5.74) is 2.32. The molecule has 1 aromatic heterocycles. The van der Waals surface area contributed by atoms with Crippen LogP contribution in [0.2, 0.25) is 0 Å². The predicted octanol–water partition coefficient (Wildman–Crippen LogP) is 4.74. The van der Waals surface area contributed by atoms with E-state index >= 15 is 0 Å². The normalized spacial score (nSPS) is 10.4. The highest BCUT2D eigenvalue weighted by molar-refractivity contribution is 9.10. The molecule has 3 heteroatoms. The van der Waals surface area contributed by atoms with E-state index in [-0.39, 0.29) is 5.63 Å². The zero-order valence-corrected chi connectivity index (χ0v) is 12.1. The number of benzene rings is 2. The lowest BCUT2D eigenvalue weighted by Gasteiger charge is -2.06. The van der Waals surface area contributed by atoms with Crippen molar-refractivity contribution in [2.75, 3.05) is 0 Å². The van der Waals surface area contributed by atoms with E-state index in [2.05, 4.69) is 15.9 Å². The highest BCUT2D eigenvalue weighted by atomic mass is 79.9. The van der Waals surface area contributed by atoms with Gasteiger partial charge in [-0.2, -0.15) is 0 Å². The molecule has 0 saturated carbocycles. The smallest absolute Gasteiger partial charge is 0.351 e. The largest absolute Gasteiger partial charge is 0.422 e. The second-order valence-corrected chi connectivity index (χ2v) is 5.15. The number of hydrogen-bond acceptors (Lipinski definition) is 2. The molecule has 0 saturated heterocycles. The molecule has 0 radical (unpaired) electrons. The van der Waals surface area contributed by atoms with E-state index in [9.17, 15) is 4.79 Å². The van der Waals surface area contributed by atoms with Gasteiger partial charge in [0.15, 0.2) is 0 Å². The van der Waals surface area contributed by atoms with Gasteiger partial charge < -0.3 is 4.42 Å². The third-order valence-electron chi connectivity index (χ3n) is 3.04. The van der Waals surface area contributed by atoms with E-state index in [0.29, 0.717) is 10.2 Å². The zero-order valence-electron chi connectivity index (χ0n) is 10.5. The van der Waals surface area contributed by atoms with Gasteiger partial charge in [0.25, 0.3) is 0 Å². The third-order valence-corrected chi connectivity index (χ3v) is 3.79. The van der Waals surface area contributed by atoms with Crippen LogP contribution in [-0.4, -0.2) is 0 Å².